The zero-order chi connectivity index (χ0) is 22.6. The van der Waals surface area contributed by atoms with Crippen molar-refractivity contribution < 1.29 is 31.1 Å². The van der Waals surface area contributed by atoms with Crippen molar-refractivity contribution >= 4 is 22.5 Å². The van der Waals surface area contributed by atoms with Gasteiger partial charge in [-0.25, -0.2) is 0 Å². The van der Waals surface area contributed by atoms with Crippen LogP contribution in [0.15, 0.2) is 60.7 Å². The zero-order valence-corrected chi connectivity index (χ0v) is 17.2. The van der Waals surface area contributed by atoms with Crippen LogP contribution in [0.3, 0.4) is 0 Å². The number of halogens is 6. The third-order valence-electron chi connectivity index (χ3n) is 5.29. The Morgan fingerprint density at radius 1 is 0.742 bits per heavy atom. The molecule has 0 amide bonds. The maximum atomic E-state index is 15.0. The molecule has 162 valence electrons. The second-order valence-corrected chi connectivity index (χ2v) is 8.38. The van der Waals surface area contributed by atoms with E-state index in [4.69, 9.17) is 4.74 Å². The number of methoxy groups -OCH3 is 1. The molecule has 0 atom stereocenters. The maximum absolute atomic E-state index is 15.0. The summed E-state index contributed by atoms with van der Waals surface area (Å²) in [6, 6.07) is 15.0. The lowest BCUT2D eigenvalue weighted by molar-refractivity contribution is -0.254. The summed E-state index contributed by atoms with van der Waals surface area (Å²) in [5.41, 5.74) is -2.94. The van der Waals surface area contributed by atoms with Crippen LogP contribution in [0.5, 0.6) is 5.75 Å². The minimum Gasteiger partial charge on any atom is -0.496 e. The molecule has 0 radical (unpaired) electrons. The number of allylic oxidation sites excluding steroid dienone is 2. The van der Waals surface area contributed by atoms with Gasteiger partial charge in [-0.3, -0.25) is 0 Å². The third-order valence-corrected chi connectivity index (χ3v) is 6.39. The minimum absolute atomic E-state index is 0.195. The highest BCUT2D eigenvalue weighted by molar-refractivity contribution is 7.15. The number of thiophene rings is 1. The molecule has 1 heterocycles. The van der Waals surface area contributed by atoms with E-state index in [-0.39, 0.29) is 16.2 Å². The lowest BCUT2D eigenvalue weighted by Crippen LogP contribution is -2.48. The van der Waals surface area contributed by atoms with Crippen molar-refractivity contribution in [3.8, 4) is 16.2 Å². The van der Waals surface area contributed by atoms with Crippen LogP contribution in [0, 0.1) is 6.92 Å². The number of ether oxygens (including phenoxy) is 1. The van der Waals surface area contributed by atoms with Crippen molar-refractivity contribution in [2.75, 3.05) is 7.11 Å². The number of benzene rings is 2. The summed E-state index contributed by atoms with van der Waals surface area (Å²) in [4.78, 5) is 0.740. The Bertz CT molecular complexity index is 1160. The van der Waals surface area contributed by atoms with Crippen molar-refractivity contribution in [2.45, 2.75) is 24.7 Å². The van der Waals surface area contributed by atoms with Crippen LogP contribution in [0.1, 0.15) is 16.0 Å². The smallest absolute Gasteiger partial charge is 0.380 e. The summed E-state index contributed by atoms with van der Waals surface area (Å²) >= 11 is 1.07. The molecule has 31 heavy (non-hydrogen) atoms. The van der Waals surface area contributed by atoms with Crippen LogP contribution >= 0.6 is 11.3 Å². The summed E-state index contributed by atoms with van der Waals surface area (Å²) in [6.07, 6.45) is 0. The normalized spacial score (nSPS) is 19.0. The molecule has 0 spiro atoms. The predicted octanol–water partition coefficient (Wildman–Crippen LogP) is 7.56. The van der Waals surface area contributed by atoms with E-state index in [1.54, 1.807) is 30.3 Å². The van der Waals surface area contributed by atoms with Gasteiger partial charge in [-0.1, -0.05) is 48.5 Å². The van der Waals surface area contributed by atoms with E-state index < -0.39 is 34.5 Å². The van der Waals surface area contributed by atoms with Crippen molar-refractivity contribution in [1.29, 1.82) is 0 Å². The van der Waals surface area contributed by atoms with E-state index in [1.165, 1.54) is 31.2 Å². The Labute approximate surface area is 178 Å². The van der Waals surface area contributed by atoms with Crippen LogP contribution in [0.4, 0.5) is 26.3 Å². The topological polar surface area (TPSA) is 9.23 Å². The molecule has 3 aromatic rings. The molecule has 0 fully saturated rings. The summed E-state index contributed by atoms with van der Waals surface area (Å²) in [6.45, 7) is 1.45. The van der Waals surface area contributed by atoms with Gasteiger partial charge in [-0.15, -0.1) is 11.3 Å². The summed E-state index contributed by atoms with van der Waals surface area (Å²) in [5.74, 6) is -16.0. The lowest BCUT2D eigenvalue weighted by Gasteiger charge is -2.26. The fourth-order valence-corrected chi connectivity index (χ4v) is 4.79. The van der Waals surface area contributed by atoms with E-state index in [1.807, 2.05) is 0 Å². The Morgan fingerprint density at radius 3 is 1.90 bits per heavy atom. The fourth-order valence-electron chi connectivity index (χ4n) is 3.76. The lowest BCUT2D eigenvalue weighted by atomic mass is 9.94. The van der Waals surface area contributed by atoms with Gasteiger partial charge < -0.3 is 4.74 Å². The molecule has 0 aliphatic heterocycles. The van der Waals surface area contributed by atoms with E-state index in [0.29, 0.717) is 10.4 Å². The Balaban J connectivity index is 2.06. The highest BCUT2D eigenvalue weighted by Crippen LogP contribution is 2.66. The molecule has 8 heteroatoms. The summed E-state index contributed by atoms with van der Waals surface area (Å²) in [7, 11) is 1.16. The first-order valence-electron chi connectivity index (χ1n) is 9.22. The molecule has 0 bridgehead atoms. The zero-order valence-electron chi connectivity index (χ0n) is 16.4. The number of hydrogen-bond acceptors (Lipinski definition) is 2. The fraction of sp³-hybridized carbons (Fsp3) is 0.217. The van der Waals surface area contributed by atoms with Crippen LogP contribution in [-0.4, -0.2) is 24.9 Å². The molecule has 2 aromatic carbocycles. The largest absolute Gasteiger partial charge is 0.496 e. The molecule has 1 aliphatic rings. The Hall–Kier alpha value is -2.74. The van der Waals surface area contributed by atoms with Gasteiger partial charge in [0.05, 0.1) is 7.11 Å². The van der Waals surface area contributed by atoms with Gasteiger partial charge >= 0.3 is 17.8 Å². The monoisotopic (exact) mass is 454 g/mol. The van der Waals surface area contributed by atoms with Crippen molar-refractivity contribution in [3.63, 3.8) is 0 Å². The quantitative estimate of drug-likeness (QED) is 0.370. The third kappa shape index (κ3) is 2.99. The van der Waals surface area contributed by atoms with Crippen LogP contribution in [-0.2, 0) is 0 Å². The first-order valence-corrected chi connectivity index (χ1v) is 10.0. The SMILES string of the molecule is COc1ccccc1C1=C(c2cc(-c3ccccc3)sc2C)C(F)(F)C(F)(F)C1(F)F. The number of para-hydroxylation sites is 1. The molecular formula is C23H16F6OS. The van der Waals surface area contributed by atoms with Gasteiger partial charge in [-0.05, 0) is 30.2 Å². The van der Waals surface area contributed by atoms with Crippen LogP contribution < -0.4 is 4.74 Å². The predicted molar refractivity (Wildman–Crippen MR) is 109 cm³/mol. The van der Waals surface area contributed by atoms with E-state index >= 15 is 8.78 Å². The minimum atomic E-state index is -5.60. The maximum Gasteiger partial charge on any atom is 0.380 e. The van der Waals surface area contributed by atoms with Crippen molar-refractivity contribution in [1.82, 2.24) is 0 Å². The van der Waals surface area contributed by atoms with Gasteiger partial charge in [-0.2, -0.15) is 26.3 Å². The van der Waals surface area contributed by atoms with Crippen LogP contribution in [0.25, 0.3) is 21.6 Å². The van der Waals surface area contributed by atoms with Gasteiger partial charge in [0, 0.05) is 26.5 Å². The molecule has 4 rings (SSSR count). The molecular weight excluding hydrogens is 438 g/mol. The first kappa shape index (κ1) is 21.5. The molecule has 0 saturated carbocycles. The average molecular weight is 454 g/mol. The standard InChI is InChI=1S/C23H16F6OS/c1-13-16(12-18(31-13)14-8-4-3-5-9-14)20-19(15-10-6-7-11-17(15)30-2)21(24,25)23(28,29)22(20,26)27/h3-12H,1-2H3. The molecule has 0 saturated heterocycles. The average Bonchev–Trinajstić information content (AvgIpc) is 3.16. The van der Waals surface area contributed by atoms with E-state index in [2.05, 4.69) is 0 Å². The van der Waals surface area contributed by atoms with E-state index in [9.17, 15) is 17.6 Å². The second kappa shape index (κ2) is 7.15. The highest BCUT2D eigenvalue weighted by atomic mass is 32.1. The van der Waals surface area contributed by atoms with Crippen molar-refractivity contribution in [2.24, 2.45) is 0 Å². The highest BCUT2D eigenvalue weighted by Gasteiger charge is 2.80. The molecule has 1 aromatic heterocycles. The molecule has 0 unspecified atom stereocenters. The number of aryl methyl sites for hydroxylation is 1. The van der Waals surface area contributed by atoms with Gasteiger partial charge in [0.1, 0.15) is 5.75 Å². The Kier molecular flexibility index (Phi) is 4.96. The number of hydrogen-bond donors (Lipinski definition) is 0. The number of alkyl halides is 6. The van der Waals surface area contributed by atoms with Gasteiger partial charge in [0.25, 0.3) is 0 Å². The first-order chi connectivity index (χ1) is 14.5. The van der Waals surface area contributed by atoms with Gasteiger partial charge in [0.15, 0.2) is 0 Å². The second-order valence-electron chi connectivity index (χ2n) is 7.12. The molecule has 0 N–H and O–H groups in total. The molecule has 1 aliphatic carbocycles. The number of rotatable bonds is 4. The summed E-state index contributed by atoms with van der Waals surface area (Å²) < 4.78 is 93.9. The molecule has 1 nitrogen and oxygen atoms in total. The van der Waals surface area contributed by atoms with Crippen LogP contribution in [0.2, 0.25) is 0 Å². The van der Waals surface area contributed by atoms with Gasteiger partial charge in [0.2, 0.25) is 0 Å². The summed E-state index contributed by atoms with van der Waals surface area (Å²) in [5, 5.41) is 0. The van der Waals surface area contributed by atoms with Crippen molar-refractivity contribution in [3.05, 3.63) is 76.7 Å². The Morgan fingerprint density at radius 2 is 1.29 bits per heavy atom. The van der Waals surface area contributed by atoms with E-state index in [0.717, 1.165) is 24.5 Å².